The van der Waals surface area contributed by atoms with Gasteiger partial charge in [0.15, 0.2) is 11.7 Å². The number of thiazole rings is 1. The van der Waals surface area contributed by atoms with Crippen molar-refractivity contribution in [2.24, 2.45) is 4.99 Å². The summed E-state index contributed by atoms with van der Waals surface area (Å²) in [4.78, 5) is 8.18. The van der Waals surface area contributed by atoms with E-state index in [1.807, 2.05) is 39.0 Å². The summed E-state index contributed by atoms with van der Waals surface area (Å²) in [6, 6.07) is 5.98. The highest BCUT2D eigenvalue weighted by atomic mass is 32.1. The number of hydrogen-bond donors (Lipinski definition) is 2. The second-order valence-corrected chi connectivity index (χ2v) is 6.98. The van der Waals surface area contributed by atoms with Gasteiger partial charge in [0, 0.05) is 30.5 Å². The number of benzene rings is 1. The van der Waals surface area contributed by atoms with E-state index in [0.29, 0.717) is 43.6 Å². The lowest BCUT2D eigenvalue weighted by atomic mass is 10.1. The van der Waals surface area contributed by atoms with Crippen LogP contribution in [0.1, 0.15) is 35.7 Å². The molecule has 0 saturated carbocycles. The summed E-state index contributed by atoms with van der Waals surface area (Å²) in [6.07, 6.45) is -4.01. The Morgan fingerprint density at radius 2 is 2.04 bits per heavy atom. The number of halogens is 3. The highest BCUT2D eigenvalue weighted by molar-refractivity contribution is 7.09. The van der Waals surface area contributed by atoms with Gasteiger partial charge >= 0.3 is 6.18 Å². The average molecular weight is 414 g/mol. The zero-order valence-corrected chi connectivity index (χ0v) is 17.0. The Kier molecular flexibility index (Phi) is 8.10. The van der Waals surface area contributed by atoms with Crippen molar-refractivity contribution in [1.29, 1.82) is 0 Å². The molecule has 2 N–H and O–H groups in total. The smallest absolute Gasteiger partial charge is 0.434 e. The lowest BCUT2D eigenvalue weighted by Gasteiger charge is -2.13. The molecule has 2 rings (SSSR count). The number of guanidine groups is 1. The highest BCUT2D eigenvalue weighted by Crippen LogP contribution is 2.30. The molecule has 0 aliphatic carbocycles. The molecule has 2 aromatic rings. The van der Waals surface area contributed by atoms with E-state index in [0.717, 1.165) is 33.6 Å². The van der Waals surface area contributed by atoms with Crippen LogP contribution in [0.25, 0.3) is 0 Å². The van der Waals surface area contributed by atoms with Crippen LogP contribution >= 0.6 is 11.3 Å². The van der Waals surface area contributed by atoms with Gasteiger partial charge in [-0.15, -0.1) is 11.3 Å². The predicted octanol–water partition coefficient (Wildman–Crippen LogP) is 4.17. The average Bonchev–Trinajstić information content (AvgIpc) is 3.10. The predicted molar refractivity (Wildman–Crippen MR) is 106 cm³/mol. The van der Waals surface area contributed by atoms with Gasteiger partial charge in [0.25, 0.3) is 0 Å². The molecule has 0 bridgehead atoms. The van der Waals surface area contributed by atoms with Crippen LogP contribution in [0, 0.1) is 6.92 Å². The van der Waals surface area contributed by atoms with Gasteiger partial charge in [0.05, 0.1) is 18.2 Å². The van der Waals surface area contributed by atoms with Gasteiger partial charge in [-0.05, 0) is 32.4 Å². The molecule has 1 aromatic carbocycles. The first-order valence-electron chi connectivity index (χ1n) is 9.09. The van der Waals surface area contributed by atoms with E-state index in [-0.39, 0.29) is 0 Å². The molecule has 0 radical (unpaired) electrons. The summed E-state index contributed by atoms with van der Waals surface area (Å²) in [6.45, 7) is 8.00. The number of alkyl halides is 3. The van der Waals surface area contributed by atoms with Crippen LogP contribution in [-0.2, 0) is 19.1 Å². The molecule has 1 heterocycles. The van der Waals surface area contributed by atoms with Crippen LogP contribution in [0.3, 0.4) is 0 Å². The molecule has 28 heavy (non-hydrogen) atoms. The minimum absolute atomic E-state index is 0.389. The summed E-state index contributed by atoms with van der Waals surface area (Å²) < 4.78 is 43.5. The molecule has 0 aliphatic rings. The van der Waals surface area contributed by atoms with Gasteiger partial charge in [-0.3, -0.25) is 0 Å². The molecule has 0 saturated heterocycles. The third-order valence-corrected chi connectivity index (χ3v) is 4.66. The summed E-state index contributed by atoms with van der Waals surface area (Å²) in [5.41, 5.74) is 1.25. The second-order valence-electron chi connectivity index (χ2n) is 6.04. The van der Waals surface area contributed by atoms with Crippen molar-refractivity contribution in [3.05, 3.63) is 45.4 Å². The first-order chi connectivity index (χ1) is 13.3. The Hall–Kier alpha value is -2.29. The van der Waals surface area contributed by atoms with E-state index in [1.165, 1.54) is 0 Å². The maximum Gasteiger partial charge on any atom is 0.434 e. The zero-order chi connectivity index (χ0) is 20.6. The second kappa shape index (κ2) is 10.3. The topological polar surface area (TPSA) is 58.5 Å². The molecule has 0 unspecified atom stereocenters. The molecule has 154 valence electrons. The third kappa shape index (κ3) is 6.70. The minimum atomic E-state index is -4.40. The highest BCUT2D eigenvalue weighted by Gasteiger charge is 2.33. The quantitative estimate of drug-likeness (QED) is 0.503. The van der Waals surface area contributed by atoms with Gasteiger partial charge in [0.2, 0.25) is 0 Å². The van der Waals surface area contributed by atoms with Crippen LogP contribution in [0.2, 0.25) is 0 Å². The molecule has 0 aliphatic heterocycles. The van der Waals surface area contributed by atoms with Crippen LogP contribution < -0.4 is 15.4 Å². The molecule has 1 aromatic heterocycles. The SMILES string of the molecule is CCNC(=NCc1ccc(C)cc1OCC)NCCc1nc(C(F)(F)F)cs1. The molecule has 9 heteroatoms. The number of aromatic nitrogens is 1. The van der Waals surface area contributed by atoms with E-state index in [9.17, 15) is 13.2 Å². The van der Waals surface area contributed by atoms with E-state index in [1.54, 1.807) is 0 Å². The molecule has 0 amide bonds. The van der Waals surface area contributed by atoms with Crippen LogP contribution in [0.4, 0.5) is 13.2 Å². The lowest BCUT2D eigenvalue weighted by Crippen LogP contribution is -2.38. The standard InChI is InChI=1S/C19H25F3N4OS/c1-4-23-18(24-9-8-17-26-16(12-28-17)19(20,21)22)25-11-14-7-6-13(3)10-15(14)27-5-2/h6-7,10,12H,4-5,8-9,11H2,1-3H3,(H2,23,24,25). The van der Waals surface area contributed by atoms with Gasteiger partial charge in [-0.2, -0.15) is 13.2 Å². The number of nitrogens with one attached hydrogen (secondary N) is 2. The van der Waals surface area contributed by atoms with Crippen LogP contribution in [0.15, 0.2) is 28.6 Å². The zero-order valence-electron chi connectivity index (χ0n) is 16.2. The lowest BCUT2D eigenvalue weighted by molar-refractivity contribution is -0.140. The summed E-state index contributed by atoms with van der Waals surface area (Å²) >= 11 is 1.01. The fraction of sp³-hybridized carbons (Fsp3) is 0.474. The van der Waals surface area contributed by atoms with Gasteiger partial charge in [-0.25, -0.2) is 9.98 Å². The van der Waals surface area contributed by atoms with Crippen molar-refractivity contribution < 1.29 is 17.9 Å². The van der Waals surface area contributed by atoms with Crippen LogP contribution in [0.5, 0.6) is 5.75 Å². The van der Waals surface area contributed by atoms with Gasteiger partial charge < -0.3 is 15.4 Å². The molecular weight excluding hydrogens is 389 g/mol. The third-order valence-electron chi connectivity index (χ3n) is 3.75. The van der Waals surface area contributed by atoms with E-state index in [2.05, 4.69) is 20.6 Å². The van der Waals surface area contributed by atoms with Gasteiger partial charge in [-0.1, -0.05) is 12.1 Å². The first-order valence-corrected chi connectivity index (χ1v) is 9.97. The fourth-order valence-corrected chi connectivity index (χ4v) is 3.24. The van der Waals surface area contributed by atoms with Gasteiger partial charge in [0.1, 0.15) is 5.75 Å². The molecule has 5 nitrogen and oxygen atoms in total. The molecule has 0 atom stereocenters. The largest absolute Gasteiger partial charge is 0.494 e. The Labute approximate surface area is 167 Å². The maximum absolute atomic E-state index is 12.6. The van der Waals surface area contributed by atoms with Crippen molar-refractivity contribution in [3.8, 4) is 5.75 Å². The summed E-state index contributed by atoms with van der Waals surface area (Å²) in [5, 5.41) is 7.75. The summed E-state index contributed by atoms with van der Waals surface area (Å²) in [5.74, 6) is 1.41. The maximum atomic E-state index is 12.6. The minimum Gasteiger partial charge on any atom is -0.494 e. The van der Waals surface area contributed by atoms with E-state index >= 15 is 0 Å². The Morgan fingerprint density at radius 1 is 1.25 bits per heavy atom. The van der Waals surface area contributed by atoms with E-state index in [4.69, 9.17) is 4.74 Å². The van der Waals surface area contributed by atoms with Crippen molar-refractivity contribution in [2.75, 3.05) is 19.7 Å². The number of ether oxygens (including phenoxy) is 1. The molecular formula is C19H25F3N4OS. The normalized spacial score (nSPS) is 12.1. The monoisotopic (exact) mass is 414 g/mol. The number of nitrogens with zero attached hydrogens (tertiary/aromatic N) is 2. The molecule has 0 fully saturated rings. The Morgan fingerprint density at radius 3 is 2.68 bits per heavy atom. The number of hydrogen-bond acceptors (Lipinski definition) is 4. The number of aryl methyl sites for hydroxylation is 1. The van der Waals surface area contributed by atoms with Crippen molar-refractivity contribution >= 4 is 17.3 Å². The summed E-state index contributed by atoms with van der Waals surface area (Å²) in [7, 11) is 0. The molecule has 0 spiro atoms. The van der Waals surface area contributed by atoms with E-state index < -0.39 is 11.9 Å². The number of aliphatic imine (C=N–C) groups is 1. The van der Waals surface area contributed by atoms with Crippen molar-refractivity contribution in [3.63, 3.8) is 0 Å². The Balaban J connectivity index is 1.96. The van der Waals surface area contributed by atoms with Crippen molar-refractivity contribution in [2.45, 2.75) is 39.9 Å². The van der Waals surface area contributed by atoms with Crippen LogP contribution in [-0.4, -0.2) is 30.6 Å². The Bertz CT molecular complexity index is 790. The fourth-order valence-electron chi connectivity index (χ4n) is 2.43. The number of rotatable bonds is 8. The first kappa shape index (κ1) is 22.0. The van der Waals surface area contributed by atoms with Crippen molar-refractivity contribution in [1.82, 2.24) is 15.6 Å².